The van der Waals surface area contributed by atoms with Crippen molar-refractivity contribution in [1.82, 2.24) is 26.6 Å². The van der Waals surface area contributed by atoms with Crippen molar-refractivity contribution in [2.75, 3.05) is 19.8 Å². The van der Waals surface area contributed by atoms with Gasteiger partial charge in [-0.05, 0) is 25.2 Å². The van der Waals surface area contributed by atoms with Crippen LogP contribution in [0.2, 0.25) is 0 Å². The minimum absolute atomic E-state index is 0.0714. The molecule has 5 atom stereocenters. The highest BCUT2D eigenvalue weighted by molar-refractivity contribution is 5.95. The summed E-state index contributed by atoms with van der Waals surface area (Å²) in [5.41, 5.74) is 10.4. The van der Waals surface area contributed by atoms with Crippen molar-refractivity contribution in [2.24, 2.45) is 17.4 Å². The van der Waals surface area contributed by atoms with Gasteiger partial charge in [-0.2, -0.15) is 0 Å². The molecule has 0 aliphatic rings. The van der Waals surface area contributed by atoms with E-state index < -0.39 is 110 Å². The maximum Gasteiger partial charge on any atom is 0.326 e. The normalized spacial score (nSPS) is 14.3. The molecular formula is C24H41N7O12. The van der Waals surface area contributed by atoms with Gasteiger partial charge in [0.15, 0.2) is 0 Å². The van der Waals surface area contributed by atoms with Crippen LogP contribution in [0.3, 0.4) is 0 Å². The van der Waals surface area contributed by atoms with Crippen molar-refractivity contribution in [3.8, 4) is 0 Å². The number of carbonyl (C=O) groups is 8. The number of carboxylic acid groups (broad SMARTS) is 2. The SMILES string of the molecule is CC(C)C[C@H](NC(=O)[C@@H](N)CO)C(=O)NCC(=O)N[C@@H](CO)C(=O)N[C@@H](CCC(=O)O)C(=O)N[C@@H](CCC(N)=O)C(=O)O. The Balaban J connectivity index is 5.39. The highest BCUT2D eigenvalue weighted by atomic mass is 16.4. The summed E-state index contributed by atoms with van der Waals surface area (Å²) in [7, 11) is 0. The van der Waals surface area contributed by atoms with Gasteiger partial charge in [0, 0.05) is 12.8 Å². The number of amides is 6. The summed E-state index contributed by atoms with van der Waals surface area (Å²) in [4.78, 5) is 95.9. The Morgan fingerprint density at radius 1 is 0.674 bits per heavy atom. The van der Waals surface area contributed by atoms with Crippen molar-refractivity contribution in [2.45, 2.75) is 76.2 Å². The Hall–Kier alpha value is -4.36. The lowest BCUT2D eigenvalue weighted by atomic mass is 10.0. The van der Waals surface area contributed by atoms with Crippen LogP contribution in [-0.2, 0) is 38.4 Å². The van der Waals surface area contributed by atoms with Crippen LogP contribution in [0.4, 0.5) is 0 Å². The van der Waals surface area contributed by atoms with E-state index >= 15 is 0 Å². The molecule has 19 nitrogen and oxygen atoms in total. The fourth-order valence-electron chi connectivity index (χ4n) is 3.42. The third-order valence-electron chi connectivity index (χ3n) is 5.70. The molecule has 0 spiro atoms. The number of rotatable bonds is 21. The van der Waals surface area contributed by atoms with Gasteiger partial charge >= 0.3 is 11.9 Å². The number of nitrogens with one attached hydrogen (secondary N) is 5. The summed E-state index contributed by atoms with van der Waals surface area (Å²) < 4.78 is 0. The third kappa shape index (κ3) is 16.0. The topological polar surface area (TPSA) is 330 Å². The number of nitrogens with two attached hydrogens (primary N) is 2. The number of hydrogen-bond donors (Lipinski definition) is 11. The second-order valence-electron chi connectivity index (χ2n) is 9.90. The van der Waals surface area contributed by atoms with E-state index in [0.29, 0.717) is 0 Å². The van der Waals surface area contributed by atoms with Crippen molar-refractivity contribution in [3.05, 3.63) is 0 Å². The lowest BCUT2D eigenvalue weighted by molar-refractivity contribution is -0.143. The molecule has 0 aromatic heterocycles. The zero-order valence-electron chi connectivity index (χ0n) is 23.8. The third-order valence-corrected chi connectivity index (χ3v) is 5.70. The van der Waals surface area contributed by atoms with Gasteiger partial charge in [0.1, 0.15) is 30.2 Å². The highest BCUT2D eigenvalue weighted by Gasteiger charge is 2.30. The van der Waals surface area contributed by atoms with Crippen LogP contribution < -0.4 is 38.1 Å². The van der Waals surface area contributed by atoms with Crippen molar-refractivity contribution < 1.29 is 58.8 Å². The molecule has 244 valence electrons. The van der Waals surface area contributed by atoms with Crippen LogP contribution in [0.5, 0.6) is 0 Å². The molecule has 0 bridgehead atoms. The molecule has 6 amide bonds. The predicted molar refractivity (Wildman–Crippen MR) is 145 cm³/mol. The lowest BCUT2D eigenvalue weighted by Crippen LogP contribution is -2.58. The number of aliphatic hydroxyl groups excluding tert-OH is 2. The van der Waals surface area contributed by atoms with E-state index in [-0.39, 0.29) is 25.2 Å². The molecule has 0 aliphatic carbocycles. The molecule has 0 radical (unpaired) electrons. The largest absolute Gasteiger partial charge is 0.481 e. The molecule has 13 N–H and O–H groups in total. The summed E-state index contributed by atoms with van der Waals surface area (Å²) in [5.74, 6) is -8.56. The van der Waals surface area contributed by atoms with E-state index in [1.54, 1.807) is 13.8 Å². The molecule has 19 heteroatoms. The molecule has 0 saturated carbocycles. The molecular weight excluding hydrogens is 578 g/mol. The number of primary amides is 1. The maximum atomic E-state index is 12.7. The first-order valence-corrected chi connectivity index (χ1v) is 13.2. The molecule has 0 unspecified atom stereocenters. The standard InChI is InChI=1S/C24H41N7O12/c1-11(2)7-15(31-20(38)12(25)9-32)21(39)27-8-18(35)28-16(10-33)23(41)29-13(4-6-19(36)37)22(40)30-14(24(42)43)3-5-17(26)34/h11-16,32-33H,3-10,25H2,1-2H3,(H2,26,34)(H,27,39)(H,28,35)(H,29,41)(H,30,40)(H,31,38)(H,36,37)(H,42,43)/t12-,13-,14-,15-,16-/m0/s1. The number of hydrogen-bond acceptors (Lipinski definition) is 11. The smallest absolute Gasteiger partial charge is 0.326 e. The zero-order valence-corrected chi connectivity index (χ0v) is 23.8. The molecule has 0 heterocycles. The average Bonchev–Trinajstić information content (AvgIpc) is 2.92. The monoisotopic (exact) mass is 619 g/mol. The van der Waals surface area contributed by atoms with Crippen LogP contribution >= 0.6 is 0 Å². The van der Waals surface area contributed by atoms with Crippen molar-refractivity contribution in [1.29, 1.82) is 0 Å². The van der Waals surface area contributed by atoms with E-state index in [1.165, 1.54) is 0 Å². The summed E-state index contributed by atoms with van der Waals surface area (Å²) >= 11 is 0. The van der Waals surface area contributed by atoms with Gasteiger partial charge < -0.3 is 58.5 Å². The zero-order chi connectivity index (χ0) is 33.3. The van der Waals surface area contributed by atoms with Gasteiger partial charge in [-0.3, -0.25) is 33.6 Å². The summed E-state index contributed by atoms with van der Waals surface area (Å²) in [6.45, 7) is 1.18. The number of aliphatic hydroxyl groups is 2. The van der Waals surface area contributed by atoms with Gasteiger partial charge in [0.25, 0.3) is 0 Å². The predicted octanol–water partition coefficient (Wildman–Crippen LogP) is -5.39. The van der Waals surface area contributed by atoms with Gasteiger partial charge in [0.2, 0.25) is 35.4 Å². The Morgan fingerprint density at radius 2 is 1.21 bits per heavy atom. The van der Waals surface area contributed by atoms with Crippen LogP contribution in [0.15, 0.2) is 0 Å². The highest BCUT2D eigenvalue weighted by Crippen LogP contribution is 2.06. The van der Waals surface area contributed by atoms with E-state index in [4.69, 9.17) is 21.7 Å². The quantitative estimate of drug-likeness (QED) is 0.0572. The van der Waals surface area contributed by atoms with E-state index in [1.807, 2.05) is 0 Å². The van der Waals surface area contributed by atoms with E-state index in [0.717, 1.165) is 0 Å². The average molecular weight is 620 g/mol. The van der Waals surface area contributed by atoms with E-state index in [9.17, 15) is 48.6 Å². The fourth-order valence-corrected chi connectivity index (χ4v) is 3.42. The first kappa shape index (κ1) is 38.6. The first-order chi connectivity index (χ1) is 20.0. The van der Waals surface area contributed by atoms with Crippen molar-refractivity contribution in [3.63, 3.8) is 0 Å². The second kappa shape index (κ2) is 19.7. The Bertz CT molecular complexity index is 1020. The van der Waals surface area contributed by atoms with Crippen LogP contribution in [0.1, 0.15) is 46.0 Å². The second-order valence-corrected chi connectivity index (χ2v) is 9.90. The number of carbonyl (C=O) groups excluding carboxylic acids is 6. The lowest BCUT2D eigenvalue weighted by Gasteiger charge is -2.24. The van der Waals surface area contributed by atoms with E-state index in [2.05, 4.69) is 26.6 Å². The van der Waals surface area contributed by atoms with Gasteiger partial charge in [-0.25, -0.2) is 4.79 Å². The minimum Gasteiger partial charge on any atom is -0.481 e. The van der Waals surface area contributed by atoms with Crippen LogP contribution in [0, 0.1) is 5.92 Å². The first-order valence-electron chi connectivity index (χ1n) is 13.2. The van der Waals surface area contributed by atoms with Crippen LogP contribution in [-0.4, -0.2) is 118 Å². The van der Waals surface area contributed by atoms with Gasteiger partial charge in [-0.1, -0.05) is 13.8 Å². The minimum atomic E-state index is -1.68. The summed E-state index contributed by atoms with van der Waals surface area (Å²) in [6.07, 6.45) is -1.74. The number of aliphatic carboxylic acids is 2. The molecule has 0 rings (SSSR count). The summed E-state index contributed by atoms with van der Waals surface area (Å²) in [5, 5.41) is 47.9. The van der Waals surface area contributed by atoms with Gasteiger partial charge in [-0.15, -0.1) is 0 Å². The number of carboxylic acids is 2. The Morgan fingerprint density at radius 3 is 1.70 bits per heavy atom. The molecule has 0 aromatic rings. The molecule has 0 saturated heterocycles. The maximum absolute atomic E-state index is 12.7. The van der Waals surface area contributed by atoms with Gasteiger partial charge in [0.05, 0.1) is 19.8 Å². The Labute approximate surface area is 246 Å². The Kier molecular flexibility index (Phi) is 17.7. The van der Waals surface area contributed by atoms with Crippen LogP contribution in [0.25, 0.3) is 0 Å². The summed E-state index contributed by atoms with van der Waals surface area (Å²) in [6, 6.07) is -7.27. The molecule has 43 heavy (non-hydrogen) atoms. The van der Waals surface area contributed by atoms with Crippen molar-refractivity contribution >= 4 is 47.4 Å². The fraction of sp³-hybridized carbons (Fsp3) is 0.667. The molecule has 0 aliphatic heterocycles. The molecule has 0 aromatic carbocycles. The molecule has 0 fully saturated rings.